The van der Waals surface area contributed by atoms with E-state index < -0.39 is 35.8 Å². The number of hydrogen-bond donors (Lipinski definition) is 2. The van der Waals surface area contributed by atoms with Gasteiger partial charge in [0.15, 0.2) is 0 Å². The summed E-state index contributed by atoms with van der Waals surface area (Å²) in [5, 5.41) is 17.2. The number of aryl methyl sites for hydroxylation is 1. The minimum absolute atomic E-state index is 0.126. The number of esters is 4. The molecule has 0 radical (unpaired) electrons. The summed E-state index contributed by atoms with van der Waals surface area (Å²) in [5.41, 5.74) is 1.26. The summed E-state index contributed by atoms with van der Waals surface area (Å²) in [6.45, 7) is 3.21. The molecule has 3 aromatic carbocycles. The fraction of sp³-hybridized carbons (Fsp3) is 0.415. The van der Waals surface area contributed by atoms with Gasteiger partial charge in [-0.1, -0.05) is 0 Å². The molecule has 0 saturated carbocycles. The van der Waals surface area contributed by atoms with Crippen molar-refractivity contribution in [3.63, 3.8) is 0 Å². The van der Waals surface area contributed by atoms with E-state index in [9.17, 15) is 28.8 Å². The van der Waals surface area contributed by atoms with Crippen molar-refractivity contribution in [2.45, 2.75) is 84.0 Å². The minimum Gasteiger partial charge on any atom is -0.494 e. The number of hydrogen-bond acceptors (Lipinski definition) is 12. The topological polar surface area (TPSA) is 198 Å². The standard InChI is InChI=1S/C41H48O14/c1-29-28-34(54-40(48)30-10-14-32(15-11-30)50-24-6-2-4-8-26-52-38(46)22-20-36(42)43)18-19-35(29)55-41(49)31-12-16-33(17-13-31)51-25-7-3-5-9-27-53-39(47)23-21-37(44)45/h10-19,28H,2-9,20-27H2,1H3,(H,42,43)(H,44,45). The minimum atomic E-state index is -1.03. The zero-order chi connectivity index (χ0) is 39.8. The fourth-order valence-electron chi connectivity index (χ4n) is 4.93. The van der Waals surface area contributed by atoms with Crippen LogP contribution in [0.1, 0.15) is 103 Å². The fourth-order valence-corrected chi connectivity index (χ4v) is 4.93. The molecule has 0 atom stereocenters. The Morgan fingerprint density at radius 3 is 1.29 bits per heavy atom. The van der Waals surface area contributed by atoms with Crippen LogP contribution >= 0.6 is 0 Å². The average molecular weight is 765 g/mol. The van der Waals surface area contributed by atoms with E-state index in [0.717, 1.165) is 38.5 Å². The molecule has 0 spiro atoms. The maximum absolute atomic E-state index is 12.8. The van der Waals surface area contributed by atoms with Gasteiger partial charge in [-0.05, 0) is 131 Å². The number of ether oxygens (including phenoxy) is 6. The van der Waals surface area contributed by atoms with Crippen LogP contribution in [-0.2, 0) is 28.7 Å². The molecule has 0 bridgehead atoms. The number of carbonyl (C=O) groups is 6. The molecular formula is C41H48O14. The first kappa shape index (κ1) is 43.5. The van der Waals surface area contributed by atoms with E-state index in [2.05, 4.69) is 0 Å². The van der Waals surface area contributed by atoms with Crippen LogP contribution in [0.5, 0.6) is 23.0 Å². The quantitative estimate of drug-likeness (QED) is 0.0475. The Bertz CT molecular complexity index is 1700. The highest BCUT2D eigenvalue weighted by Crippen LogP contribution is 2.26. The van der Waals surface area contributed by atoms with Crippen LogP contribution < -0.4 is 18.9 Å². The van der Waals surface area contributed by atoms with Gasteiger partial charge in [-0.3, -0.25) is 19.2 Å². The van der Waals surface area contributed by atoms with Crippen molar-refractivity contribution in [1.29, 1.82) is 0 Å². The number of aliphatic carboxylic acids is 2. The Hall–Kier alpha value is -5.92. The van der Waals surface area contributed by atoms with Crippen molar-refractivity contribution >= 4 is 35.8 Å². The van der Waals surface area contributed by atoms with Gasteiger partial charge in [0.25, 0.3) is 0 Å². The predicted molar refractivity (Wildman–Crippen MR) is 198 cm³/mol. The molecule has 2 N–H and O–H groups in total. The van der Waals surface area contributed by atoms with Crippen molar-refractivity contribution in [1.82, 2.24) is 0 Å². The van der Waals surface area contributed by atoms with Crippen LogP contribution in [-0.4, -0.2) is 72.5 Å². The molecular weight excluding hydrogens is 716 g/mol. The molecule has 14 heteroatoms. The summed E-state index contributed by atoms with van der Waals surface area (Å²) in [5.74, 6) is -2.38. The zero-order valence-electron chi connectivity index (χ0n) is 31.0. The lowest BCUT2D eigenvalue weighted by molar-refractivity contribution is -0.147. The van der Waals surface area contributed by atoms with Crippen LogP contribution in [0.4, 0.5) is 0 Å². The monoisotopic (exact) mass is 764 g/mol. The van der Waals surface area contributed by atoms with Crippen molar-refractivity contribution in [2.75, 3.05) is 26.4 Å². The third-order valence-corrected chi connectivity index (χ3v) is 7.97. The van der Waals surface area contributed by atoms with Crippen LogP contribution in [0.15, 0.2) is 66.7 Å². The van der Waals surface area contributed by atoms with Gasteiger partial charge in [0.1, 0.15) is 23.0 Å². The number of carboxylic acids is 2. The Morgan fingerprint density at radius 1 is 0.473 bits per heavy atom. The zero-order valence-corrected chi connectivity index (χ0v) is 31.0. The van der Waals surface area contributed by atoms with Crippen LogP contribution in [0.3, 0.4) is 0 Å². The summed E-state index contributed by atoms with van der Waals surface area (Å²) in [7, 11) is 0. The number of rotatable bonds is 26. The molecule has 0 saturated heterocycles. The molecule has 0 fully saturated rings. The number of carbonyl (C=O) groups excluding carboxylic acids is 4. The Labute approximate surface area is 319 Å². The van der Waals surface area contributed by atoms with Gasteiger partial charge >= 0.3 is 35.8 Å². The lowest BCUT2D eigenvalue weighted by Crippen LogP contribution is -2.10. The summed E-state index contributed by atoms with van der Waals surface area (Å²) >= 11 is 0. The van der Waals surface area contributed by atoms with Crippen molar-refractivity contribution < 1.29 is 67.4 Å². The lowest BCUT2D eigenvalue weighted by atomic mass is 10.2. The van der Waals surface area contributed by atoms with E-state index in [-0.39, 0.29) is 44.6 Å². The highest BCUT2D eigenvalue weighted by atomic mass is 16.5. The molecule has 3 rings (SSSR count). The summed E-state index contributed by atoms with van der Waals surface area (Å²) in [6, 6.07) is 17.9. The van der Waals surface area contributed by atoms with E-state index in [1.165, 1.54) is 0 Å². The first-order chi connectivity index (χ1) is 26.5. The number of unbranched alkanes of at least 4 members (excludes halogenated alkanes) is 6. The van der Waals surface area contributed by atoms with Crippen LogP contribution in [0, 0.1) is 6.92 Å². The van der Waals surface area contributed by atoms with Crippen molar-refractivity contribution in [3.05, 3.63) is 83.4 Å². The average Bonchev–Trinajstić information content (AvgIpc) is 3.16. The number of benzene rings is 3. The van der Waals surface area contributed by atoms with E-state index in [4.69, 9.17) is 38.6 Å². The van der Waals surface area contributed by atoms with Gasteiger partial charge in [-0.2, -0.15) is 0 Å². The lowest BCUT2D eigenvalue weighted by Gasteiger charge is -2.11. The highest BCUT2D eigenvalue weighted by molar-refractivity contribution is 5.92. The van der Waals surface area contributed by atoms with Crippen molar-refractivity contribution in [3.8, 4) is 23.0 Å². The molecule has 0 aromatic heterocycles. The number of carboxylic acid groups (broad SMARTS) is 2. The first-order valence-corrected chi connectivity index (χ1v) is 18.3. The van der Waals surface area contributed by atoms with E-state index in [0.29, 0.717) is 60.0 Å². The molecule has 0 heterocycles. The molecule has 0 amide bonds. The van der Waals surface area contributed by atoms with Gasteiger partial charge in [0, 0.05) is 0 Å². The molecule has 3 aromatic rings. The molecule has 55 heavy (non-hydrogen) atoms. The second-order valence-electron chi connectivity index (χ2n) is 12.5. The summed E-state index contributed by atoms with van der Waals surface area (Å²) in [6.07, 6.45) is 5.64. The Kier molecular flexibility index (Phi) is 19.3. The second kappa shape index (κ2) is 24.4. The van der Waals surface area contributed by atoms with Gasteiger partial charge in [-0.15, -0.1) is 0 Å². The molecule has 296 valence electrons. The summed E-state index contributed by atoms with van der Waals surface area (Å²) in [4.78, 5) is 69.3. The van der Waals surface area contributed by atoms with Crippen molar-refractivity contribution in [2.24, 2.45) is 0 Å². The molecule has 0 aliphatic heterocycles. The first-order valence-electron chi connectivity index (χ1n) is 18.3. The van der Waals surface area contributed by atoms with Gasteiger partial charge in [-0.25, -0.2) is 9.59 Å². The maximum atomic E-state index is 12.8. The van der Waals surface area contributed by atoms with Gasteiger partial charge < -0.3 is 38.6 Å². The van der Waals surface area contributed by atoms with Gasteiger partial charge in [0.05, 0.1) is 63.2 Å². The molecule has 0 aliphatic rings. The van der Waals surface area contributed by atoms with Crippen LogP contribution in [0.2, 0.25) is 0 Å². The molecule has 14 nitrogen and oxygen atoms in total. The molecule has 0 aliphatic carbocycles. The Morgan fingerprint density at radius 2 is 0.873 bits per heavy atom. The smallest absolute Gasteiger partial charge is 0.343 e. The Balaban J connectivity index is 1.30. The normalized spacial score (nSPS) is 10.6. The van der Waals surface area contributed by atoms with E-state index >= 15 is 0 Å². The summed E-state index contributed by atoms with van der Waals surface area (Å²) < 4.78 is 32.6. The third-order valence-electron chi connectivity index (χ3n) is 7.97. The largest absolute Gasteiger partial charge is 0.494 e. The van der Waals surface area contributed by atoms with Gasteiger partial charge in [0.2, 0.25) is 0 Å². The van der Waals surface area contributed by atoms with Crippen LogP contribution in [0.25, 0.3) is 0 Å². The van der Waals surface area contributed by atoms with E-state index in [1.807, 2.05) is 0 Å². The molecule has 0 unspecified atom stereocenters. The highest BCUT2D eigenvalue weighted by Gasteiger charge is 2.14. The third kappa shape index (κ3) is 18.1. The van der Waals surface area contributed by atoms with E-state index in [1.54, 1.807) is 73.7 Å². The maximum Gasteiger partial charge on any atom is 0.343 e. The SMILES string of the molecule is Cc1cc(OC(=O)c2ccc(OCCCCCCOC(=O)CCC(=O)O)cc2)ccc1OC(=O)c1ccc(OCCCCCCOC(=O)CCC(=O)O)cc1. The second-order valence-corrected chi connectivity index (χ2v) is 12.5. The predicted octanol–water partition coefficient (Wildman–Crippen LogP) is 7.13.